The Bertz CT molecular complexity index is 320. The summed E-state index contributed by atoms with van der Waals surface area (Å²) < 4.78 is 4.85. The molecule has 20 heavy (non-hydrogen) atoms. The van der Waals surface area contributed by atoms with Crippen molar-refractivity contribution < 1.29 is 24.2 Å². The molecule has 0 rings (SSSR count). The number of carbonyl (C=O) groups is 3. The Hall–Kier alpha value is -1.63. The SMILES string of the molecule is CCCN(CC(=O)NCCCC(=O)O)CC(=O)OCC. The van der Waals surface area contributed by atoms with Crippen molar-refractivity contribution in [2.45, 2.75) is 33.1 Å². The average molecular weight is 288 g/mol. The second-order valence-electron chi connectivity index (χ2n) is 4.36. The van der Waals surface area contributed by atoms with Crippen molar-refractivity contribution in [1.82, 2.24) is 10.2 Å². The van der Waals surface area contributed by atoms with E-state index in [4.69, 9.17) is 9.84 Å². The van der Waals surface area contributed by atoms with Gasteiger partial charge in [-0.3, -0.25) is 19.3 Å². The molecule has 0 aliphatic carbocycles. The van der Waals surface area contributed by atoms with E-state index < -0.39 is 5.97 Å². The number of carboxylic acid groups (broad SMARTS) is 1. The summed E-state index contributed by atoms with van der Waals surface area (Å²) in [5, 5.41) is 11.1. The molecule has 0 radical (unpaired) electrons. The summed E-state index contributed by atoms with van der Waals surface area (Å²) in [6.07, 6.45) is 1.25. The summed E-state index contributed by atoms with van der Waals surface area (Å²) in [5.41, 5.74) is 0. The van der Waals surface area contributed by atoms with Gasteiger partial charge in [0.15, 0.2) is 0 Å². The zero-order valence-corrected chi connectivity index (χ0v) is 12.2. The molecular weight excluding hydrogens is 264 g/mol. The Labute approximate surface area is 119 Å². The van der Waals surface area contributed by atoms with E-state index in [-0.39, 0.29) is 31.4 Å². The molecule has 1 amide bonds. The minimum absolute atomic E-state index is 0.0295. The lowest BCUT2D eigenvalue weighted by Crippen LogP contribution is -2.41. The van der Waals surface area contributed by atoms with E-state index in [1.165, 1.54) is 0 Å². The lowest BCUT2D eigenvalue weighted by molar-refractivity contribution is -0.144. The van der Waals surface area contributed by atoms with Gasteiger partial charge in [-0.2, -0.15) is 0 Å². The molecule has 0 aliphatic heterocycles. The standard InChI is InChI=1S/C13H24N2O5/c1-3-8-15(10-13(19)20-4-2)9-11(16)14-7-5-6-12(17)18/h3-10H2,1-2H3,(H,14,16)(H,17,18). The number of hydrogen-bond donors (Lipinski definition) is 2. The van der Waals surface area contributed by atoms with E-state index in [9.17, 15) is 14.4 Å². The van der Waals surface area contributed by atoms with E-state index in [0.29, 0.717) is 26.1 Å². The molecule has 116 valence electrons. The molecule has 2 N–H and O–H groups in total. The third-order valence-corrected chi connectivity index (χ3v) is 2.45. The van der Waals surface area contributed by atoms with Crippen LogP contribution in [0.15, 0.2) is 0 Å². The molecule has 0 spiro atoms. The van der Waals surface area contributed by atoms with Crippen LogP contribution < -0.4 is 5.32 Å². The van der Waals surface area contributed by atoms with Crippen molar-refractivity contribution in [3.05, 3.63) is 0 Å². The minimum atomic E-state index is -0.880. The highest BCUT2D eigenvalue weighted by atomic mass is 16.5. The first-order chi connectivity index (χ1) is 9.49. The summed E-state index contributed by atoms with van der Waals surface area (Å²) in [6, 6.07) is 0. The van der Waals surface area contributed by atoms with Crippen LogP contribution in [0.4, 0.5) is 0 Å². The average Bonchev–Trinajstić information content (AvgIpc) is 2.35. The number of carboxylic acids is 1. The molecule has 0 aromatic carbocycles. The van der Waals surface area contributed by atoms with Crippen LogP contribution >= 0.6 is 0 Å². The van der Waals surface area contributed by atoms with Crippen LogP contribution in [0, 0.1) is 0 Å². The summed E-state index contributed by atoms with van der Waals surface area (Å²) in [5.74, 6) is -1.44. The lowest BCUT2D eigenvalue weighted by Gasteiger charge is -2.19. The smallest absolute Gasteiger partial charge is 0.320 e. The zero-order valence-electron chi connectivity index (χ0n) is 12.2. The molecule has 0 fully saturated rings. The molecule has 0 saturated carbocycles. The molecular formula is C13H24N2O5. The lowest BCUT2D eigenvalue weighted by atomic mass is 10.3. The third-order valence-electron chi connectivity index (χ3n) is 2.45. The van der Waals surface area contributed by atoms with Crippen molar-refractivity contribution in [2.75, 3.05) is 32.8 Å². The maximum atomic E-state index is 11.7. The van der Waals surface area contributed by atoms with Gasteiger partial charge in [0, 0.05) is 13.0 Å². The van der Waals surface area contributed by atoms with Gasteiger partial charge in [0.2, 0.25) is 5.91 Å². The predicted octanol–water partition coefficient (Wildman–Crippen LogP) is 0.243. The Morgan fingerprint density at radius 3 is 2.45 bits per heavy atom. The van der Waals surface area contributed by atoms with E-state index in [0.717, 1.165) is 6.42 Å². The first kappa shape index (κ1) is 18.4. The molecule has 0 aromatic heterocycles. The fraction of sp³-hybridized carbons (Fsp3) is 0.769. The van der Waals surface area contributed by atoms with E-state index >= 15 is 0 Å². The molecule has 0 atom stereocenters. The molecule has 0 aliphatic rings. The highest BCUT2D eigenvalue weighted by Gasteiger charge is 2.14. The number of esters is 1. The highest BCUT2D eigenvalue weighted by Crippen LogP contribution is 1.94. The number of nitrogens with zero attached hydrogens (tertiary/aromatic N) is 1. The normalized spacial score (nSPS) is 10.3. The summed E-state index contributed by atoms with van der Waals surface area (Å²) in [6.45, 7) is 5.16. The van der Waals surface area contributed by atoms with Crippen molar-refractivity contribution in [3.63, 3.8) is 0 Å². The first-order valence-electron chi connectivity index (χ1n) is 6.86. The fourth-order valence-electron chi connectivity index (χ4n) is 1.65. The fourth-order valence-corrected chi connectivity index (χ4v) is 1.65. The van der Waals surface area contributed by atoms with Gasteiger partial charge < -0.3 is 15.2 Å². The Balaban J connectivity index is 4.00. The van der Waals surface area contributed by atoms with Crippen LogP contribution in [0.1, 0.15) is 33.1 Å². The number of nitrogens with one attached hydrogen (secondary N) is 1. The Morgan fingerprint density at radius 1 is 1.20 bits per heavy atom. The zero-order chi connectivity index (χ0) is 15.4. The van der Waals surface area contributed by atoms with Crippen molar-refractivity contribution in [1.29, 1.82) is 0 Å². The van der Waals surface area contributed by atoms with Crippen LogP contribution in [-0.4, -0.2) is 60.6 Å². The van der Waals surface area contributed by atoms with Gasteiger partial charge in [-0.15, -0.1) is 0 Å². The highest BCUT2D eigenvalue weighted by molar-refractivity contribution is 5.79. The molecule has 0 bridgehead atoms. The molecule has 0 saturated heterocycles. The number of aliphatic carboxylic acids is 1. The second-order valence-corrected chi connectivity index (χ2v) is 4.36. The summed E-state index contributed by atoms with van der Waals surface area (Å²) in [4.78, 5) is 35.1. The molecule has 7 heteroatoms. The second kappa shape index (κ2) is 11.2. The molecule has 7 nitrogen and oxygen atoms in total. The summed E-state index contributed by atoms with van der Waals surface area (Å²) in [7, 11) is 0. The van der Waals surface area contributed by atoms with Gasteiger partial charge in [0.25, 0.3) is 0 Å². The predicted molar refractivity (Wildman–Crippen MR) is 73.2 cm³/mol. The van der Waals surface area contributed by atoms with Gasteiger partial charge in [0.1, 0.15) is 0 Å². The quantitative estimate of drug-likeness (QED) is 0.418. The molecule has 0 aromatic rings. The van der Waals surface area contributed by atoms with Crippen molar-refractivity contribution in [3.8, 4) is 0 Å². The van der Waals surface area contributed by atoms with Crippen molar-refractivity contribution >= 4 is 17.8 Å². The van der Waals surface area contributed by atoms with Crippen LogP contribution in [0.5, 0.6) is 0 Å². The molecule has 0 heterocycles. The van der Waals surface area contributed by atoms with Gasteiger partial charge in [-0.25, -0.2) is 0 Å². The Kier molecular flexibility index (Phi) is 10.3. The number of rotatable bonds is 11. The van der Waals surface area contributed by atoms with E-state index in [1.807, 2.05) is 6.92 Å². The van der Waals surface area contributed by atoms with Crippen LogP contribution in [0.2, 0.25) is 0 Å². The number of hydrogen-bond acceptors (Lipinski definition) is 5. The van der Waals surface area contributed by atoms with Crippen LogP contribution in [0.3, 0.4) is 0 Å². The minimum Gasteiger partial charge on any atom is -0.481 e. The van der Waals surface area contributed by atoms with Crippen molar-refractivity contribution in [2.24, 2.45) is 0 Å². The number of carbonyl (C=O) groups excluding carboxylic acids is 2. The van der Waals surface area contributed by atoms with E-state index in [2.05, 4.69) is 5.32 Å². The molecule has 0 unspecified atom stereocenters. The van der Waals surface area contributed by atoms with Gasteiger partial charge >= 0.3 is 11.9 Å². The maximum Gasteiger partial charge on any atom is 0.320 e. The maximum absolute atomic E-state index is 11.7. The van der Waals surface area contributed by atoms with Gasteiger partial charge in [-0.05, 0) is 26.3 Å². The number of ether oxygens (including phenoxy) is 1. The van der Waals surface area contributed by atoms with Crippen LogP contribution in [-0.2, 0) is 19.1 Å². The van der Waals surface area contributed by atoms with Gasteiger partial charge in [0.05, 0.1) is 19.7 Å². The Morgan fingerprint density at radius 2 is 1.90 bits per heavy atom. The van der Waals surface area contributed by atoms with E-state index in [1.54, 1.807) is 11.8 Å². The topological polar surface area (TPSA) is 95.9 Å². The van der Waals surface area contributed by atoms with Gasteiger partial charge in [-0.1, -0.05) is 6.92 Å². The monoisotopic (exact) mass is 288 g/mol. The first-order valence-corrected chi connectivity index (χ1v) is 6.86. The third kappa shape index (κ3) is 10.3. The summed E-state index contributed by atoms with van der Waals surface area (Å²) >= 11 is 0. The van der Waals surface area contributed by atoms with Crippen LogP contribution in [0.25, 0.3) is 0 Å². The largest absolute Gasteiger partial charge is 0.481 e. The number of amides is 1.